The summed E-state index contributed by atoms with van der Waals surface area (Å²) in [6.07, 6.45) is 1.39. The lowest BCUT2D eigenvalue weighted by molar-refractivity contribution is 0.00628. The van der Waals surface area contributed by atoms with E-state index in [0.717, 1.165) is 0 Å². The molecule has 5 nitrogen and oxygen atoms in total. The van der Waals surface area contributed by atoms with Crippen molar-refractivity contribution < 1.29 is 9.53 Å². The van der Waals surface area contributed by atoms with Crippen LogP contribution in [-0.4, -0.2) is 21.5 Å². The van der Waals surface area contributed by atoms with Gasteiger partial charge in [-0.25, -0.2) is 9.78 Å². The van der Waals surface area contributed by atoms with E-state index in [1.54, 1.807) is 32.9 Å². The van der Waals surface area contributed by atoms with Gasteiger partial charge in [-0.15, -0.1) is 0 Å². The molecule has 0 radical (unpaired) electrons. The predicted octanol–water partition coefficient (Wildman–Crippen LogP) is 2.93. The molecule has 0 aliphatic rings. The van der Waals surface area contributed by atoms with Gasteiger partial charge in [0.15, 0.2) is 5.69 Å². The first-order valence-corrected chi connectivity index (χ1v) is 6.51. The normalized spacial score (nSPS) is 11.6. The third-order valence-electron chi connectivity index (χ3n) is 2.29. The standard InChI is InChI=1S/C13H14BrN3O2/c1-13(2,3)19-12(18)9-6-16-11-8(17-9)5-4-7(15)10(11)14/h4-6H,15H2,1-3H3. The van der Waals surface area contributed by atoms with Crippen molar-refractivity contribution in [3.63, 3.8) is 0 Å². The molecule has 0 aliphatic heterocycles. The predicted molar refractivity (Wildman–Crippen MR) is 76.8 cm³/mol. The lowest BCUT2D eigenvalue weighted by Crippen LogP contribution is -2.24. The van der Waals surface area contributed by atoms with Crippen molar-refractivity contribution in [2.45, 2.75) is 26.4 Å². The summed E-state index contributed by atoms with van der Waals surface area (Å²) < 4.78 is 5.92. The van der Waals surface area contributed by atoms with Gasteiger partial charge < -0.3 is 10.5 Å². The van der Waals surface area contributed by atoms with Gasteiger partial charge in [0.05, 0.1) is 16.2 Å². The smallest absolute Gasteiger partial charge is 0.359 e. The molecular weight excluding hydrogens is 310 g/mol. The Morgan fingerprint density at radius 1 is 1.37 bits per heavy atom. The largest absolute Gasteiger partial charge is 0.455 e. The molecule has 0 saturated carbocycles. The van der Waals surface area contributed by atoms with Crippen LogP contribution in [0.4, 0.5) is 5.69 Å². The maximum Gasteiger partial charge on any atom is 0.359 e. The van der Waals surface area contributed by atoms with E-state index in [0.29, 0.717) is 21.2 Å². The zero-order valence-corrected chi connectivity index (χ0v) is 12.5. The first-order valence-electron chi connectivity index (χ1n) is 5.72. The molecule has 0 unspecified atom stereocenters. The molecule has 0 bridgehead atoms. The van der Waals surface area contributed by atoms with E-state index in [1.165, 1.54) is 6.20 Å². The number of nitrogens with zero attached hydrogens (tertiary/aromatic N) is 2. The van der Waals surface area contributed by atoms with Crippen LogP contribution in [0.25, 0.3) is 11.0 Å². The van der Waals surface area contributed by atoms with E-state index in [2.05, 4.69) is 25.9 Å². The highest BCUT2D eigenvalue weighted by atomic mass is 79.9. The zero-order valence-electron chi connectivity index (χ0n) is 10.9. The number of esters is 1. The van der Waals surface area contributed by atoms with Crippen LogP contribution in [0.1, 0.15) is 31.3 Å². The summed E-state index contributed by atoms with van der Waals surface area (Å²) in [7, 11) is 0. The first-order chi connectivity index (χ1) is 8.78. The molecule has 0 fully saturated rings. The second kappa shape index (κ2) is 4.77. The average Bonchev–Trinajstić information content (AvgIpc) is 2.31. The van der Waals surface area contributed by atoms with E-state index in [9.17, 15) is 4.79 Å². The first kappa shape index (κ1) is 13.7. The van der Waals surface area contributed by atoms with Crippen LogP contribution < -0.4 is 5.73 Å². The molecule has 1 aromatic carbocycles. The molecule has 19 heavy (non-hydrogen) atoms. The lowest BCUT2D eigenvalue weighted by Gasteiger charge is -2.19. The number of nitrogen functional groups attached to an aromatic ring is 1. The molecule has 0 aliphatic carbocycles. The molecule has 2 N–H and O–H groups in total. The highest BCUT2D eigenvalue weighted by Crippen LogP contribution is 2.27. The SMILES string of the molecule is CC(C)(C)OC(=O)c1cnc2c(Br)c(N)ccc2n1. The van der Waals surface area contributed by atoms with Crippen LogP contribution in [0, 0.1) is 0 Å². The summed E-state index contributed by atoms with van der Waals surface area (Å²) in [6.45, 7) is 5.41. The Morgan fingerprint density at radius 2 is 2.05 bits per heavy atom. The number of hydrogen-bond acceptors (Lipinski definition) is 5. The van der Waals surface area contributed by atoms with Crippen LogP contribution in [0.5, 0.6) is 0 Å². The Bertz CT molecular complexity index is 650. The van der Waals surface area contributed by atoms with Crippen molar-refractivity contribution in [3.8, 4) is 0 Å². The minimum Gasteiger partial charge on any atom is -0.455 e. The Hall–Kier alpha value is -1.69. The average molecular weight is 324 g/mol. The molecule has 1 aromatic heterocycles. The molecule has 6 heteroatoms. The highest BCUT2D eigenvalue weighted by Gasteiger charge is 2.19. The number of aromatic nitrogens is 2. The fourth-order valence-corrected chi connectivity index (χ4v) is 1.93. The number of nitrogens with two attached hydrogens (primary N) is 1. The van der Waals surface area contributed by atoms with Crippen molar-refractivity contribution in [1.82, 2.24) is 9.97 Å². The molecule has 0 saturated heterocycles. The third-order valence-corrected chi connectivity index (χ3v) is 3.12. The molecule has 0 atom stereocenters. The zero-order chi connectivity index (χ0) is 14.2. The van der Waals surface area contributed by atoms with Gasteiger partial charge in [-0.1, -0.05) is 0 Å². The number of carbonyl (C=O) groups is 1. The third kappa shape index (κ3) is 3.01. The number of rotatable bonds is 1. The molecule has 0 amide bonds. The molecular formula is C13H14BrN3O2. The molecule has 0 spiro atoms. The second-order valence-electron chi connectivity index (χ2n) is 5.09. The van der Waals surface area contributed by atoms with Crippen LogP contribution in [-0.2, 0) is 4.74 Å². The van der Waals surface area contributed by atoms with Gasteiger partial charge in [0.2, 0.25) is 0 Å². The summed E-state index contributed by atoms with van der Waals surface area (Å²) >= 11 is 3.35. The Labute approximate surface area is 119 Å². The van der Waals surface area contributed by atoms with Gasteiger partial charge in [-0.05, 0) is 48.8 Å². The summed E-state index contributed by atoms with van der Waals surface area (Å²) in [4.78, 5) is 20.3. The minimum absolute atomic E-state index is 0.180. The number of benzene rings is 1. The fraction of sp³-hybridized carbons (Fsp3) is 0.308. The van der Waals surface area contributed by atoms with Gasteiger partial charge in [-0.3, -0.25) is 4.98 Å². The molecule has 100 valence electrons. The van der Waals surface area contributed by atoms with Crippen LogP contribution in [0.2, 0.25) is 0 Å². The second-order valence-corrected chi connectivity index (χ2v) is 5.89. The van der Waals surface area contributed by atoms with Crippen molar-refractivity contribution in [1.29, 1.82) is 0 Å². The van der Waals surface area contributed by atoms with Gasteiger partial charge in [0.25, 0.3) is 0 Å². The van der Waals surface area contributed by atoms with Gasteiger partial charge in [0, 0.05) is 5.69 Å². The van der Waals surface area contributed by atoms with Gasteiger partial charge in [0.1, 0.15) is 11.1 Å². The van der Waals surface area contributed by atoms with Crippen molar-refractivity contribution in [3.05, 3.63) is 28.5 Å². The number of hydrogen-bond donors (Lipinski definition) is 1. The molecule has 2 rings (SSSR count). The molecule has 2 aromatic rings. The summed E-state index contributed by atoms with van der Waals surface area (Å²) in [5.41, 5.74) is 7.16. The number of fused-ring (bicyclic) bond motifs is 1. The van der Waals surface area contributed by atoms with Gasteiger partial charge in [-0.2, -0.15) is 0 Å². The van der Waals surface area contributed by atoms with Crippen LogP contribution in [0.15, 0.2) is 22.8 Å². The van der Waals surface area contributed by atoms with Crippen molar-refractivity contribution in [2.24, 2.45) is 0 Å². The topological polar surface area (TPSA) is 78.1 Å². The van der Waals surface area contributed by atoms with E-state index < -0.39 is 11.6 Å². The maximum atomic E-state index is 11.9. The summed E-state index contributed by atoms with van der Waals surface area (Å²) in [6, 6.07) is 3.43. The number of ether oxygens (including phenoxy) is 1. The number of halogens is 1. The maximum absolute atomic E-state index is 11.9. The highest BCUT2D eigenvalue weighted by molar-refractivity contribution is 9.10. The number of carbonyl (C=O) groups excluding carboxylic acids is 1. The quantitative estimate of drug-likeness (QED) is 0.644. The minimum atomic E-state index is -0.560. The monoisotopic (exact) mass is 323 g/mol. The van der Waals surface area contributed by atoms with Gasteiger partial charge >= 0.3 is 5.97 Å². The van der Waals surface area contributed by atoms with E-state index in [-0.39, 0.29) is 5.69 Å². The number of anilines is 1. The Kier molecular flexibility index (Phi) is 3.45. The lowest BCUT2D eigenvalue weighted by atomic mass is 10.2. The van der Waals surface area contributed by atoms with E-state index in [1.807, 2.05) is 0 Å². The Morgan fingerprint density at radius 3 is 2.68 bits per heavy atom. The summed E-state index contributed by atoms with van der Waals surface area (Å²) in [5, 5.41) is 0. The fourth-order valence-electron chi connectivity index (χ4n) is 1.50. The van der Waals surface area contributed by atoms with Crippen LogP contribution >= 0.6 is 15.9 Å². The summed E-state index contributed by atoms with van der Waals surface area (Å²) in [5.74, 6) is -0.491. The van der Waals surface area contributed by atoms with E-state index >= 15 is 0 Å². The van der Waals surface area contributed by atoms with Crippen molar-refractivity contribution >= 4 is 38.6 Å². The molecule has 1 heterocycles. The van der Waals surface area contributed by atoms with Crippen LogP contribution in [0.3, 0.4) is 0 Å². The van der Waals surface area contributed by atoms with Crippen molar-refractivity contribution in [2.75, 3.05) is 5.73 Å². The van der Waals surface area contributed by atoms with E-state index in [4.69, 9.17) is 10.5 Å². The Balaban J connectivity index is 2.43.